The minimum Gasteiger partial charge on any atom is -0.496 e. The van der Waals surface area contributed by atoms with Gasteiger partial charge in [-0.15, -0.1) is 0 Å². The Bertz CT molecular complexity index is 501. The van der Waals surface area contributed by atoms with E-state index in [-0.39, 0.29) is 0 Å². The van der Waals surface area contributed by atoms with E-state index in [1.807, 2.05) is 18.0 Å². The number of methoxy groups -OCH3 is 1. The molecule has 18 heavy (non-hydrogen) atoms. The molecule has 1 aromatic carbocycles. The molecule has 5 nitrogen and oxygen atoms in total. The third-order valence-electron chi connectivity index (χ3n) is 2.76. The second-order valence-electron chi connectivity index (χ2n) is 4.00. The number of anilines is 1. The van der Waals surface area contributed by atoms with Crippen molar-refractivity contribution in [3.05, 3.63) is 29.3 Å². The van der Waals surface area contributed by atoms with Crippen LogP contribution in [0.15, 0.2) is 18.2 Å². The molecule has 96 valence electrons. The van der Waals surface area contributed by atoms with Gasteiger partial charge in [0.15, 0.2) is 0 Å². The molecule has 0 aliphatic heterocycles. The van der Waals surface area contributed by atoms with Crippen LogP contribution in [0, 0.1) is 0 Å². The number of aryl methyl sites for hydroxylation is 1. The fraction of sp³-hybridized carbons (Fsp3) is 0.417. The molecule has 6 heteroatoms. The highest BCUT2D eigenvalue weighted by Crippen LogP contribution is 2.22. The van der Waals surface area contributed by atoms with Crippen LogP contribution >= 0.6 is 11.5 Å². The van der Waals surface area contributed by atoms with Crippen molar-refractivity contribution in [1.82, 2.24) is 14.8 Å². The molecule has 0 saturated heterocycles. The van der Waals surface area contributed by atoms with Crippen LogP contribution < -0.4 is 9.64 Å². The van der Waals surface area contributed by atoms with Gasteiger partial charge < -0.3 is 9.64 Å². The second-order valence-corrected chi connectivity index (χ2v) is 4.71. The Morgan fingerprint density at radius 1 is 1.39 bits per heavy atom. The largest absolute Gasteiger partial charge is 0.496 e. The Hall–Kier alpha value is -1.69. The number of hydrogen-bond acceptors (Lipinski definition) is 6. The van der Waals surface area contributed by atoms with Gasteiger partial charge in [-0.1, -0.05) is 28.6 Å². The van der Waals surface area contributed by atoms with Gasteiger partial charge in [0.05, 0.1) is 7.11 Å². The summed E-state index contributed by atoms with van der Waals surface area (Å²) in [5.41, 5.74) is 2.45. The zero-order valence-electron chi connectivity index (χ0n) is 10.8. The molecule has 0 aliphatic carbocycles. The van der Waals surface area contributed by atoms with Gasteiger partial charge in [0.25, 0.3) is 0 Å². The van der Waals surface area contributed by atoms with Gasteiger partial charge in [0.1, 0.15) is 5.75 Å². The van der Waals surface area contributed by atoms with Gasteiger partial charge in [-0.2, -0.15) is 0 Å². The monoisotopic (exact) mass is 264 g/mol. The van der Waals surface area contributed by atoms with Crippen molar-refractivity contribution in [2.24, 2.45) is 0 Å². The zero-order valence-corrected chi connectivity index (χ0v) is 11.6. The summed E-state index contributed by atoms with van der Waals surface area (Å²) < 4.78 is 9.09. The first-order valence-electron chi connectivity index (χ1n) is 5.76. The summed E-state index contributed by atoms with van der Waals surface area (Å²) in [6.07, 6.45) is 0.959. The highest BCUT2D eigenvalue weighted by molar-refractivity contribution is 7.09. The fourth-order valence-electron chi connectivity index (χ4n) is 1.82. The normalized spacial score (nSPS) is 10.4. The summed E-state index contributed by atoms with van der Waals surface area (Å²) in [6.45, 7) is 2.91. The molecule has 0 atom stereocenters. The van der Waals surface area contributed by atoms with Gasteiger partial charge in [-0.05, 0) is 28.8 Å². The second kappa shape index (κ2) is 5.77. The molecule has 0 radical (unpaired) electrons. The summed E-state index contributed by atoms with van der Waals surface area (Å²) in [4.78, 5) is 2.03. The Balaban J connectivity index is 2.14. The van der Waals surface area contributed by atoms with Crippen molar-refractivity contribution in [1.29, 1.82) is 0 Å². The Kier molecular flexibility index (Phi) is 4.09. The molecule has 0 unspecified atom stereocenters. The summed E-state index contributed by atoms with van der Waals surface area (Å²) >= 11 is 1.30. The maximum absolute atomic E-state index is 5.32. The van der Waals surface area contributed by atoms with E-state index < -0.39 is 0 Å². The Morgan fingerprint density at radius 2 is 2.22 bits per heavy atom. The Morgan fingerprint density at radius 3 is 2.83 bits per heavy atom. The van der Waals surface area contributed by atoms with Crippen molar-refractivity contribution in [3.8, 4) is 5.75 Å². The predicted molar refractivity (Wildman–Crippen MR) is 72.2 cm³/mol. The predicted octanol–water partition coefficient (Wildman–Crippen LogP) is 2.14. The molecule has 0 bridgehead atoms. The van der Waals surface area contributed by atoms with Crippen LogP contribution in [0.5, 0.6) is 5.75 Å². The smallest absolute Gasteiger partial charge is 0.227 e. The summed E-state index contributed by atoms with van der Waals surface area (Å²) in [7, 11) is 3.69. The molecule has 2 rings (SSSR count). The molecule has 0 fully saturated rings. The van der Waals surface area contributed by atoms with Gasteiger partial charge >= 0.3 is 0 Å². The number of benzene rings is 1. The lowest BCUT2D eigenvalue weighted by atomic mass is 10.1. The van der Waals surface area contributed by atoms with Crippen molar-refractivity contribution in [2.45, 2.75) is 19.9 Å². The van der Waals surface area contributed by atoms with Gasteiger partial charge in [-0.25, -0.2) is 0 Å². The number of hydrogen-bond donors (Lipinski definition) is 0. The van der Waals surface area contributed by atoms with E-state index in [0.717, 1.165) is 23.8 Å². The Labute approximate surface area is 111 Å². The van der Waals surface area contributed by atoms with Gasteiger partial charge in [0, 0.05) is 25.1 Å². The average Bonchev–Trinajstić information content (AvgIpc) is 2.92. The molecule has 0 saturated carbocycles. The molecule has 2 aromatic rings. The van der Waals surface area contributed by atoms with E-state index >= 15 is 0 Å². The van der Waals surface area contributed by atoms with E-state index in [9.17, 15) is 0 Å². The molecule has 0 amide bonds. The lowest BCUT2D eigenvalue weighted by Crippen LogP contribution is -2.16. The molecular weight excluding hydrogens is 248 g/mol. The number of aromatic nitrogens is 3. The molecule has 0 spiro atoms. The maximum Gasteiger partial charge on any atom is 0.227 e. The minimum absolute atomic E-state index is 0.786. The van der Waals surface area contributed by atoms with E-state index in [2.05, 4.69) is 33.9 Å². The lowest BCUT2D eigenvalue weighted by Gasteiger charge is -2.16. The van der Waals surface area contributed by atoms with Crippen LogP contribution in [0.1, 0.15) is 18.1 Å². The zero-order chi connectivity index (χ0) is 13.0. The number of nitrogens with zero attached hydrogens (tertiary/aromatic N) is 4. The third-order valence-corrected chi connectivity index (χ3v) is 3.47. The van der Waals surface area contributed by atoms with Gasteiger partial charge in [-0.3, -0.25) is 0 Å². The highest BCUT2D eigenvalue weighted by Gasteiger charge is 2.08. The van der Waals surface area contributed by atoms with Crippen LogP contribution in [0.4, 0.5) is 5.13 Å². The van der Waals surface area contributed by atoms with E-state index in [1.165, 1.54) is 22.7 Å². The topological polar surface area (TPSA) is 51.1 Å². The molecule has 1 heterocycles. The summed E-state index contributed by atoms with van der Waals surface area (Å²) in [5, 5.41) is 8.37. The standard InChI is InChI=1S/C12H16N4OS/c1-4-10-7-9(5-6-11(10)17-3)8-16(2)12-13-14-15-18-12/h5-7H,4,8H2,1-3H3. The third kappa shape index (κ3) is 2.76. The van der Waals surface area contributed by atoms with Crippen molar-refractivity contribution in [2.75, 3.05) is 19.1 Å². The first-order chi connectivity index (χ1) is 8.74. The first kappa shape index (κ1) is 12.8. The molecular formula is C12H16N4OS. The van der Waals surface area contributed by atoms with Crippen LogP contribution in [0.2, 0.25) is 0 Å². The summed E-state index contributed by atoms with van der Waals surface area (Å²) in [5.74, 6) is 0.946. The quantitative estimate of drug-likeness (QED) is 0.828. The highest BCUT2D eigenvalue weighted by atomic mass is 32.1. The SMILES string of the molecule is CCc1cc(CN(C)c2nnns2)ccc1OC. The molecule has 0 N–H and O–H groups in total. The summed E-state index contributed by atoms with van der Waals surface area (Å²) in [6, 6.07) is 6.26. The van der Waals surface area contributed by atoms with Crippen LogP contribution in [0.25, 0.3) is 0 Å². The first-order valence-corrected chi connectivity index (χ1v) is 6.54. The molecule has 0 aliphatic rings. The minimum atomic E-state index is 0.786. The van der Waals surface area contributed by atoms with Crippen LogP contribution in [-0.4, -0.2) is 29.0 Å². The molecule has 1 aromatic heterocycles. The number of ether oxygens (including phenoxy) is 1. The average molecular weight is 264 g/mol. The van der Waals surface area contributed by atoms with Crippen molar-refractivity contribution >= 4 is 16.7 Å². The van der Waals surface area contributed by atoms with E-state index in [4.69, 9.17) is 4.74 Å². The number of rotatable bonds is 5. The fourth-order valence-corrected chi connectivity index (χ4v) is 2.25. The van der Waals surface area contributed by atoms with Crippen molar-refractivity contribution < 1.29 is 4.74 Å². The van der Waals surface area contributed by atoms with Crippen LogP contribution in [0.3, 0.4) is 0 Å². The van der Waals surface area contributed by atoms with E-state index in [0.29, 0.717) is 0 Å². The van der Waals surface area contributed by atoms with E-state index in [1.54, 1.807) is 7.11 Å². The van der Waals surface area contributed by atoms with Crippen LogP contribution in [-0.2, 0) is 13.0 Å². The van der Waals surface area contributed by atoms with Crippen molar-refractivity contribution in [3.63, 3.8) is 0 Å². The van der Waals surface area contributed by atoms with Gasteiger partial charge in [0.2, 0.25) is 5.13 Å². The lowest BCUT2D eigenvalue weighted by molar-refractivity contribution is 0.410. The maximum atomic E-state index is 5.32.